The Morgan fingerprint density at radius 2 is 2.11 bits per heavy atom. The van der Waals surface area contributed by atoms with Crippen molar-refractivity contribution in [1.82, 2.24) is 5.43 Å². The molecule has 0 bridgehead atoms. The summed E-state index contributed by atoms with van der Waals surface area (Å²) in [6.45, 7) is 2.18. The Morgan fingerprint density at radius 3 is 2.74 bits per heavy atom. The van der Waals surface area contributed by atoms with E-state index in [1.54, 1.807) is 0 Å². The number of hydrogen-bond acceptors (Lipinski definition) is 2. The van der Waals surface area contributed by atoms with E-state index < -0.39 is 6.03 Å². The van der Waals surface area contributed by atoms with E-state index in [2.05, 4.69) is 41.7 Å². The number of rotatable bonds is 3. The molecule has 1 saturated carbocycles. The number of benzene rings is 1. The average Bonchev–Trinajstić information content (AvgIpc) is 2.46. The minimum absolute atomic E-state index is 0.0536. The molecule has 1 aromatic rings. The third-order valence-electron chi connectivity index (χ3n) is 4.05. The molecule has 0 saturated heterocycles. The number of carbonyl (C=O) groups excluding carboxylic acids is 1. The first-order valence-electron chi connectivity index (χ1n) is 6.87. The van der Waals surface area contributed by atoms with Gasteiger partial charge in [-0.1, -0.05) is 43.7 Å². The van der Waals surface area contributed by atoms with Crippen LogP contribution < -0.4 is 11.2 Å². The summed E-state index contributed by atoms with van der Waals surface area (Å²) in [4.78, 5) is 10.9. The highest BCUT2D eigenvalue weighted by atomic mass is 16.2. The third-order valence-corrected chi connectivity index (χ3v) is 4.05. The molecule has 0 unspecified atom stereocenters. The van der Waals surface area contributed by atoms with Crippen LogP contribution in [0.1, 0.15) is 44.6 Å². The summed E-state index contributed by atoms with van der Waals surface area (Å²) in [5.41, 5.74) is 9.80. The molecule has 1 aliphatic carbocycles. The first kappa shape index (κ1) is 13.6. The quantitative estimate of drug-likeness (QED) is 0.805. The molecule has 0 heterocycles. The molecule has 3 N–H and O–H groups in total. The Kier molecular flexibility index (Phi) is 4.20. The van der Waals surface area contributed by atoms with Crippen molar-refractivity contribution in [3.63, 3.8) is 0 Å². The van der Waals surface area contributed by atoms with E-state index in [1.165, 1.54) is 12.0 Å². The monoisotopic (exact) mass is 259 g/mol. The summed E-state index contributed by atoms with van der Waals surface area (Å²) in [5.74, 6) is 0. The second-order valence-corrected chi connectivity index (χ2v) is 5.04. The van der Waals surface area contributed by atoms with E-state index in [0.717, 1.165) is 31.4 Å². The zero-order valence-corrected chi connectivity index (χ0v) is 11.4. The summed E-state index contributed by atoms with van der Waals surface area (Å²) in [6, 6.07) is 9.83. The van der Waals surface area contributed by atoms with Gasteiger partial charge in [0.25, 0.3) is 0 Å². The lowest BCUT2D eigenvalue weighted by atomic mass is 9.66. The second kappa shape index (κ2) is 5.87. The predicted octanol–water partition coefficient (Wildman–Crippen LogP) is 2.93. The molecule has 0 spiro atoms. The lowest BCUT2D eigenvalue weighted by Gasteiger charge is -2.38. The van der Waals surface area contributed by atoms with Crippen molar-refractivity contribution in [2.24, 2.45) is 10.8 Å². The Hall–Kier alpha value is -1.84. The first-order chi connectivity index (χ1) is 9.19. The summed E-state index contributed by atoms with van der Waals surface area (Å²) < 4.78 is 0. The largest absolute Gasteiger partial charge is 0.350 e. The molecule has 0 radical (unpaired) electrons. The van der Waals surface area contributed by atoms with Crippen LogP contribution in [0.5, 0.6) is 0 Å². The number of urea groups is 1. The summed E-state index contributed by atoms with van der Waals surface area (Å²) >= 11 is 0. The van der Waals surface area contributed by atoms with Gasteiger partial charge < -0.3 is 5.73 Å². The van der Waals surface area contributed by atoms with Crippen LogP contribution in [0.25, 0.3) is 0 Å². The normalized spacial score (nSPS) is 25.2. The van der Waals surface area contributed by atoms with Crippen LogP contribution in [0.3, 0.4) is 0 Å². The molecule has 4 nitrogen and oxygen atoms in total. The predicted molar refractivity (Wildman–Crippen MR) is 77.0 cm³/mol. The van der Waals surface area contributed by atoms with Crippen LogP contribution in [0.4, 0.5) is 4.79 Å². The highest BCUT2D eigenvalue weighted by molar-refractivity contribution is 5.96. The van der Waals surface area contributed by atoms with E-state index in [1.807, 2.05) is 6.07 Å². The van der Waals surface area contributed by atoms with Crippen molar-refractivity contribution < 1.29 is 4.79 Å². The zero-order chi connectivity index (χ0) is 13.7. The SMILES string of the molecule is CC[C@]1(c2ccccc2)CCCC/C1=N\NC(N)=O. The summed E-state index contributed by atoms with van der Waals surface area (Å²) in [5, 5.41) is 4.28. The fourth-order valence-corrected chi connectivity index (χ4v) is 3.04. The third kappa shape index (κ3) is 2.78. The van der Waals surface area contributed by atoms with Gasteiger partial charge >= 0.3 is 6.03 Å². The van der Waals surface area contributed by atoms with Gasteiger partial charge in [0.05, 0.1) is 0 Å². The highest BCUT2D eigenvalue weighted by Crippen LogP contribution is 2.40. The van der Waals surface area contributed by atoms with Crippen LogP contribution in [0.15, 0.2) is 35.4 Å². The van der Waals surface area contributed by atoms with Gasteiger partial charge in [0.2, 0.25) is 0 Å². The molecule has 1 fully saturated rings. The first-order valence-corrected chi connectivity index (χ1v) is 6.87. The maximum atomic E-state index is 10.9. The van der Waals surface area contributed by atoms with Crippen LogP contribution >= 0.6 is 0 Å². The number of nitrogens with one attached hydrogen (secondary N) is 1. The van der Waals surface area contributed by atoms with E-state index in [9.17, 15) is 4.79 Å². The molecule has 102 valence electrons. The van der Waals surface area contributed by atoms with Crippen LogP contribution in [0.2, 0.25) is 0 Å². The van der Waals surface area contributed by atoms with Gasteiger partial charge in [-0.05, 0) is 31.2 Å². The smallest absolute Gasteiger partial charge is 0.332 e. The van der Waals surface area contributed by atoms with Crippen molar-refractivity contribution >= 4 is 11.7 Å². The summed E-state index contributed by atoms with van der Waals surface area (Å²) in [6.07, 6.45) is 5.29. The fourth-order valence-electron chi connectivity index (χ4n) is 3.04. The molecule has 2 rings (SSSR count). The molecule has 1 atom stereocenters. The average molecular weight is 259 g/mol. The Bertz CT molecular complexity index is 470. The van der Waals surface area contributed by atoms with Gasteiger partial charge in [-0.15, -0.1) is 0 Å². The van der Waals surface area contributed by atoms with Gasteiger partial charge in [0, 0.05) is 11.1 Å². The van der Waals surface area contributed by atoms with Gasteiger partial charge in [-0.3, -0.25) is 0 Å². The van der Waals surface area contributed by atoms with E-state index >= 15 is 0 Å². The zero-order valence-electron chi connectivity index (χ0n) is 11.4. The molecular weight excluding hydrogens is 238 g/mol. The number of hydrogen-bond donors (Lipinski definition) is 2. The molecule has 0 aromatic heterocycles. The molecule has 1 aliphatic rings. The Balaban J connectivity index is 2.39. The number of amides is 2. The lowest BCUT2D eigenvalue weighted by Crippen LogP contribution is -2.40. The van der Waals surface area contributed by atoms with Crippen molar-refractivity contribution in [2.45, 2.75) is 44.4 Å². The van der Waals surface area contributed by atoms with Crippen LogP contribution in [-0.2, 0) is 5.41 Å². The molecular formula is C15H21N3O. The minimum Gasteiger partial charge on any atom is -0.350 e. The highest BCUT2D eigenvalue weighted by Gasteiger charge is 2.37. The fraction of sp³-hybridized carbons (Fsp3) is 0.467. The van der Waals surface area contributed by atoms with Gasteiger partial charge in [0.1, 0.15) is 0 Å². The Labute approximate surface area is 114 Å². The van der Waals surface area contributed by atoms with Crippen molar-refractivity contribution in [3.05, 3.63) is 35.9 Å². The number of nitrogens with two attached hydrogens (primary N) is 1. The van der Waals surface area contributed by atoms with Crippen molar-refractivity contribution in [3.8, 4) is 0 Å². The standard InChI is InChI=1S/C15H21N3O/c1-2-15(12-8-4-3-5-9-12)11-7-6-10-13(15)17-18-14(16)19/h3-5,8-9H,2,6-7,10-11H2,1H3,(H3,16,18,19)/b17-13+/t15-/m1/s1. The summed E-state index contributed by atoms with van der Waals surface area (Å²) in [7, 11) is 0. The second-order valence-electron chi connectivity index (χ2n) is 5.04. The molecule has 4 heteroatoms. The number of primary amides is 1. The molecule has 2 amide bonds. The Morgan fingerprint density at radius 1 is 1.37 bits per heavy atom. The number of nitrogens with zero attached hydrogens (tertiary/aromatic N) is 1. The molecule has 1 aromatic carbocycles. The van der Waals surface area contributed by atoms with E-state index in [0.29, 0.717) is 0 Å². The molecule has 19 heavy (non-hydrogen) atoms. The van der Waals surface area contributed by atoms with Gasteiger partial charge in [-0.25, -0.2) is 10.2 Å². The minimum atomic E-state index is -0.601. The van der Waals surface area contributed by atoms with E-state index in [4.69, 9.17) is 5.73 Å². The van der Waals surface area contributed by atoms with Crippen molar-refractivity contribution in [1.29, 1.82) is 0 Å². The van der Waals surface area contributed by atoms with Crippen LogP contribution in [0, 0.1) is 0 Å². The van der Waals surface area contributed by atoms with Gasteiger partial charge in [-0.2, -0.15) is 5.10 Å². The van der Waals surface area contributed by atoms with Crippen LogP contribution in [-0.4, -0.2) is 11.7 Å². The number of carbonyl (C=O) groups is 1. The van der Waals surface area contributed by atoms with Crippen molar-refractivity contribution in [2.75, 3.05) is 0 Å². The lowest BCUT2D eigenvalue weighted by molar-refractivity contribution is 0.249. The van der Waals surface area contributed by atoms with E-state index in [-0.39, 0.29) is 5.41 Å². The molecule has 0 aliphatic heterocycles. The number of hydrazone groups is 1. The topological polar surface area (TPSA) is 67.5 Å². The maximum absolute atomic E-state index is 10.9. The maximum Gasteiger partial charge on any atom is 0.332 e. The van der Waals surface area contributed by atoms with Gasteiger partial charge in [0.15, 0.2) is 0 Å².